The van der Waals surface area contributed by atoms with E-state index >= 15 is 0 Å². The molecule has 0 fully saturated rings. The number of nitrogens with zero attached hydrogens (tertiary/aromatic N) is 2. The Morgan fingerprint density at radius 3 is 2.53 bits per heavy atom. The molecule has 0 radical (unpaired) electrons. The molecular weight excluding hydrogens is 420 g/mol. The maximum Gasteiger partial charge on any atom is 0.277 e. The van der Waals surface area contributed by atoms with Crippen molar-refractivity contribution in [3.8, 4) is 16.4 Å². The van der Waals surface area contributed by atoms with E-state index in [1.165, 1.54) is 21.6 Å². The number of halogens is 1. The van der Waals surface area contributed by atoms with Crippen LogP contribution < -0.4 is 10.9 Å². The lowest BCUT2D eigenvalue weighted by Gasteiger charge is -2.04. The smallest absolute Gasteiger partial charge is 0.277 e. The van der Waals surface area contributed by atoms with Gasteiger partial charge in [-0.3, -0.25) is 14.7 Å². The van der Waals surface area contributed by atoms with E-state index in [4.69, 9.17) is 11.6 Å². The zero-order chi connectivity index (χ0) is 21.3. The third-order valence-corrected chi connectivity index (χ3v) is 5.77. The van der Waals surface area contributed by atoms with Crippen molar-refractivity contribution in [3.63, 3.8) is 0 Å². The molecule has 1 amide bonds. The van der Waals surface area contributed by atoms with Crippen LogP contribution in [0.2, 0.25) is 5.02 Å². The highest BCUT2D eigenvalue weighted by Crippen LogP contribution is 2.24. The Bertz CT molecular complexity index is 1250. The van der Waals surface area contributed by atoms with Crippen molar-refractivity contribution in [1.82, 2.24) is 14.8 Å². The van der Waals surface area contributed by atoms with E-state index in [-0.39, 0.29) is 17.9 Å². The molecule has 0 saturated heterocycles. The number of aryl methyl sites for hydroxylation is 2. The highest BCUT2D eigenvalue weighted by molar-refractivity contribution is 7.12. The van der Waals surface area contributed by atoms with Crippen LogP contribution in [0.25, 0.3) is 16.4 Å². The Morgan fingerprint density at radius 1 is 1.13 bits per heavy atom. The van der Waals surface area contributed by atoms with Crippen LogP contribution in [0.15, 0.2) is 58.7 Å². The second-order valence-electron chi connectivity index (χ2n) is 6.97. The molecule has 0 atom stereocenters. The topological polar surface area (TPSA) is 79.8 Å². The predicted octanol–water partition coefficient (Wildman–Crippen LogP) is 4.74. The Hall–Kier alpha value is -3.16. The highest BCUT2D eigenvalue weighted by Gasteiger charge is 2.18. The fraction of sp³-hybridized carbons (Fsp3) is 0.136. The van der Waals surface area contributed by atoms with Crippen LogP contribution in [0.4, 0.5) is 5.69 Å². The molecular formula is C22H19ClN4O2S. The van der Waals surface area contributed by atoms with Gasteiger partial charge in [-0.15, -0.1) is 11.3 Å². The monoisotopic (exact) mass is 438 g/mol. The second kappa shape index (κ2) is 8.30. The Kier molecular flexibility index (Phi) is 5.57. The quantitative estimate of drug-likeness (QED) is 0.472. The lowest BCUT2D eigenvalue weighted by atomic mass is 10.1. The Morgan fingerprint density at radius 2 is 1.83 bits per heavy atom. The van der Waals surface area contributed by atoms with Gasteiger partial charge >= 0.3 is 0 Å². The molecule has 0 aliphatic heterocycles. The van der Waals surface area contributed by atoms with Gasteiger partial charge in [0.1, 0.15) is 0 Å². The van der Waals surface area contributed by atoms with Crippen LogP contribution in [0.1, 0.15) is 16.8 Å². The predicted molar refractivity (Wildman–Crippen MR) is 121 cm³/mol. The Balaban J connectivity index is 1.55. The van der Waals surface area contributed by atoms with E-state index in [9.17, 15) is 9.59 Å². The number of aromatic nitrogens is 3. The number of hydrogen-bond acceptors (Lipinski definition) is 4. The largest absolute Gasteiger partial charge is 0.326 e. The lowest BCUT2D eigenvalue weighted by Crippen LogP contribution is -2.22. The summed E-state index contributed by atoms with van der Waals surface area (Å²) in [5, 5.41) is 8.84. The molecule has 4 rings (SSSR count). The summed E-state index contributed by atoms with van der Waals surface area (Å²) in [6.45, 7) is 3.80. The third-order valence-electron chi connectivity index (χ3n) is 4.69. The number of carbonyl (C=O) groups excluding carboxylic acids is 1. The molecule has 2 N–H and O–H groups in total. The van der Waals surface area contributed by atoms with Crippen LogP contribution in [0, 0.1) is 13.8 Å². The number of rotatable bonds is 5. The van der Waals surface area contributed by atoms with Crippen molar-refractivity contribution in [2.45, 2.75) is 20.3 Å². The van der Waals surface area contributed by atoms with Gasteiger partial charge in [0, 0.05) is 32.9 Å². The SMILES string of the molecule is Cc1ccc(-c2csc(-n3[nH]c(C)c(CC(=O)Nc4ccc(Cl)cc4)c3=O)n2)cc1. The highest BCUT2D eigenvalue weighted by atomic mass is 35.5. The molecule has 0 aliphatic carbocycles. The Labute approximate surface area is 182 Å². The van der Waals surface area contributed by atoms with Gasteiger partial charge in [-0.2, -0.15) is 4.68 Å². The fourth-order valence-electron chi connectivity index (χ4n) is 3.05. The zero-order valence-electron chi connectivity index (χ0n) is 16.4. The number of anilines is 1. The van der Waals surface area contributed by atoms with Crippen LogP contribution in [-0.4, -0.2) is 20.7 Å². The molecule has 152 valence electrons. The second-order valence-corrected chi connectivity index (χ2v) is 8.24. The molecule has 2 aromatic carbocycles. The van der Waals surface area contributed by atoms with Crippen LogP contribution in [0.3, 0.4) is 0 Å². The number of hydrogen-bond donors (Lipinski definition) is 2. The maximum absolute atomic E-state index is 12.9. The average Bonchev–Trinajstić information content (AvgIpc) is 3.31. The minimum absolute atomic E-state index is 0.0347. The van der Waals surface area contributed by atoms with Gasteiger partial charge in [0.25, 0.3) is 5.56 Å². The van der Waals surface area contributed by atoms with Crippen molar-refractivity contribution >= 4 is 34.5 Å². The molecule has 0 spiro atoms. The van der Waals surface area contributed by atoms with E-state index in [0.29, 0.717) is 27.1 Å². The molecule has 6 nitrogen and oxygen atoms in total. The number of amides is 1. The van der Waals surface area contributed by atoms with Gasteiger partial charge in [-0.05, 0) is 38.1 Å². The molecule has 2 aromatic heterocycles. The number of benzene rings is 2. The fourth-order valence-corrected chi connectivity index (χ4v) is 3.96. The van der Waals surface area contributed by atoms with Crippen molar-refractivity contribution in [1.29, 1.82) is 0 Å². The van der Waals surface area contributed by atoms with Crippen molar-refractivity contribution in [3.05, 3.63) is 86.1 Å². The first-order valence-electron chi connectivity index (χ1n) is 9.29. The molecule has 0 bridgehead atoms. The molecule has 30 heavy (non-hydrogen) atoms. The van der Waals surface area contributed by atoms with E-state index in [1.54, 1.807) is 31.2 Å². The van der Waals surface area contributed by atoms with Crippen LogP contribution in [0.5, 0.6) is 0 Å². The van der Waals surface area contributed by atoms with Crippen molar-refractivity contribution < 1.29 is 4.79 Å². The van der Waals surface area contributed by atoms with E-state index in [1.807, 2.05) is 36.6 Å². The molecule has 0 unspecified atom stereocenters. The molecule has 8 heteroatoms. The average molecular weight is 439 g/mol. The first-order chi connectivity index (χ1) is 14.4. The molecule has 2 heterocycles. The van der Waals surface area contributed by atoms with Gasteiger partial charge in [0.15, 0.2) is 0 Å². The summed E-state index contributed by atoms with van der Waals surface area (Å²) < 4.78 is 1.39. The summed E-state index contributed by atoms with van der Waals surface area (Å²) in [5.41, 5.74) is 4.36. The number of H-pyrrole nitrogens is 1. The third kappa shape index (κ3) is 4.22. The van der Waals surface area contributed by atoms with Gasteiger partial charge < -0.3 is 5.32 Å². The summed E-state index contributed by atoms with van der Waals surface area (Å²) in [5.74, 6) is -0.275. The number of thiazole rings is 1. The van der Waals surface area contributed by atoms with Gasteiger partial charge in [0.05, 0.1) is 12.1 Å². The zero-order valence-corrected chi connectivity index (χ0v) is 18.0. The van der Waals surface area contributed by atoms with E-state index in [0.717, 1.165) is 11.3 Å². The van der Waals surface area contributed by atoms with Crippen LogP contribution in [-0.2, 0) is 11.2 Å². The minimum Gasteiger partial charge on any atom is -0.326 e. The first kappa shape index (κ1) is 20.1. The normalized spacial score (nSPS) is 10.9. The number of aromatic amines is 1. The number of nitrogens with one attached hydrogen (secondary N) is 2. The summed E-state index contributed by atoms with van der Waals surface area (Å²) in [4.78, 5) is 29.9. The summed E-state index contributed by atoms with van der Waals surface area (Å²) >= 11 is 7.23. The minimum atomic E-state index is -0.275. The molecule has 4 aromatic rings. The molecule has 0 aliphatic rings. The summed E-state index contributed by atoms with van der Waals surface area (Å²) in [6.07, 6.45) is -0.0347. The van der Waals surface area contributed by atoms with E-state index < -0.39 is 0 Å². The summed E-state index contributed by atoms with van der Waals surface area (Å²) in [7, 11) is 0. The molecule has 0 saturated carbocycles. The summed E-state index contributed by atoms with van der Waals surface area (Å²) in [6, 6.07) is 14.9. The maximum atomic E-state index is 12.9. The van der Waals surface area contributed by atoms with E-state index in [2.05, 4.69) is 15.4 Å². The van der Waals surface area contributed by atoms with Crippen LogP contribution >= 0.6 is 22.9 Å². The standard InChI is InChI=1S/C22H19ClN4O2S/c1-13-3-5-15(6-4-13)19-12-30-22(25-19)27-21(29)18(14(2)26-27)11-20(28)24-17-9-7-16(23)8-10-17/h3-10,12,26H,11H2,1-2H3,(H,24,28). The van der Waals surface area contributed by atoms with Gasteiger partial charge in [-0.25, -0.2) is 4.98 Å². The van der Waals surface area contributed by atoms with Gasteiger partial charge in [0.2, 0.25) is 11.0 Å². The van der Waals surface area contributed by atoms with Crippen molar-refractivity contribution in [2.24, 2.45) is 0 Å². The van der Waals surface area contributed by atoms with Crippen molar-refractivity contribution in [2.75, 3.05) is 5.32 Å². The lowest BCUT2D eigenvalue weighted by molar-refractivity contribution is -0.115. The van der Waals surface area contributed by atoms with Gasteiger partial charge in [-0.1, -0.05) is 41.4 Å². The first-order valence-corrected chi connectivity index (χ1v) is 10.6. The number of carbonyl (C=O) groups is 1.